The summed E-state index contributed by atoms with van der Waals surface area (Å²) in [6.45, 7) is 0.583. The van der Waals surface area contributed by atoms with E-state index < -0.39 is 0 Å². The van der Waals surface area contributed by atoms with Crippen LogP contribution in [0.2, 0.25) is 0 Å². The maximum Gasteiger partial charge on any atom is 0.220 e. The highest BCUT2D eigenvalue weighted by Crippen LogP contribution is 2.20. The minimum Gasteiger partial charge on any atom is -0.497 e. The Balaban J connectivity index is 1.75. The van der Waals surface area contributed by atoms with E-state index in [1.54, 1.807) is 7.11 Å². The molecule has 1 aliphatic carbocycles. The molecule has 3 heteroatoms. The normalized spacial score (nSPS) is 17.7. The second-order valence-electron chi connectivity index (χ2n) is 4.59. The lowest BCUT2D eigenvalue weighted by atomic mass is 10.1. The topological polar surface area (TPSA) is 38.3 Å². The molecule has 0 radical (unpaired) electrons. The van der Waals surface area contributed by atoms with Gasteiger partial charge in [-0.15, -0.1) is 0 Å². The second kappa shape index (κ2) is 6.24. The first-order valence-electron chi connectivity index (χ1n) is 6.34. The Morgan fingerprint density at radius 1 is 1.39 bits per heavy atom. The maximum atomic E-state index is 11.7. The molecule has 1 amide bonds. The molecule has 0 fully saturated rings. The Labute approximate surface area is 108 Å². The van der Waals surface area contributed by atoms with Crippen LogP contribution < -0.4 is 10.1 Å². The summed E-state index contributed by atoms with van der Waals surface area (Å²) in [6.07, 6.45) is 7.12. The Morgan fingerprint density at radius 2 is 2.17 bits per heavy atom. The number of allylic oxidation sites excluding steroid dienone is 2. The van der Waals surface area contributed by atoms with Crippen LogP contribution in [0.25, 0.3) is 0 Å². The van der Waals surface area contributed by atoms with Crippen molar-refractivity contribution in [1.29, 1.82) is 0 Å². The van der Waals surface area contributed by atoms with Gasteiger partial charge in [-0.25, -0.2) is 0 Å². The lowest BCUT2D eigenvalue weighted by molar-refractivity contribution is -0.121. The summed E-state index contributed by atoms with van der Waals surface area (Å²) in [7, 11) is 1.64. The lowest BCUT2D eigenvalue weighted by Gasteiger charge is -2.09. The predicted molar refractivity (Wildman–Crippen MR) is 71.3 cm³/mol. The Hall–Kier alpha value is -1.77. The first-order valence-corrected chi connectivity index (χ1v) is 6.34. The fraction of sp³-hybridized carbons (Fsp3) is 0.400. The van der Waals surface area contributed by atoms with Crippen LogP contribution in [0.1, 0.15) is 24.8 Å². The summed E-state index contributed by atoms with van der Waals surface area (Å²) >= 11 is 0. The number of carbonyl (C=O) groups excluding carboxylic acids is 1. The van der Waals surface area contributed by atoms with E-state index in [0.29, 0.717) is 18.9 Å². The quantitative estimate of drug-likeness (QED) is 0.810. The fourth-order valence-electron chi connectivity index (χ4n) is 2.12. The fourth-order valence-corrected chi connectivity index (χ4v) is 2.12. The number of hydrogen-bond donors (Lipinski definition) is 1. The molecular weight excluding hydrogens is 226 g/mol. The van der Waals surface area contributed by atoms with Crippen molar-refractivity contribution in [2.75, 3.05) is 7.11 Å². The van der Waals surface area contributed by atoms with E-state index in [1.165, 1.54) is 0 Å². The summed E-state index contributed by atoms with van der Waals surface area (Å²) in [4.78, 5) is 11.7. The van der Waals surface area contributed by atoms with Gasteiger partial charge in [0.05, 0.1) is 7.11 Å². The smallest absolute Gasteiger partial charge is 0.220 e. The van der Waals surface area contributed by atoms with Crippen LogP contribution in [0, 0.1) is 5.92 Å². The third-order valence-electron chi connectivity index (χ3n) is 3.21. The van der Waals surface area contributed by atoms with E-state index in [2.05, 4.69) is 17.5 Å². The van der Waals surface area contributed by atoms with Gasteiger partial charge >= 0.3 is 0 Å². The number of methoxy groups -OCH3 is 1. The molecule has 1 aliphatic rings. The van der Waals surface area contributed by atoms with Crippen molar-refractivity contribution in [3.8, 4) is 5.75 Å². The van der Waals surface area contributed by atoms with Crippen molar-refractivity contribution in [1.82, 2.24) is 5.32 Å². The van der Waals surface area contributed by atoms with Crippen molar-refractivity contribution in [3.05, 3.63) is 42.0 Å². The summed E-state index contributed by atoms with van der Waals surface area (Å²) in [5, 5.41) is 2.95. The van der Waals surface area contributed by atoms with Crippen LogP contribution in [0.4, 0.5) is 0 Å². The van der Waals surface area contributed by atoms with Gasteiger partial charge < -0.3 is 10.1 Å². The number of nitrogens with one attached hydrogen (secondary N) is 1. The highest BCUT2D eigenvalue weighted by molar-refractivity contribution is 5.76. The number of rotatable bonds is 5. The molecule has 1 N–H and O–H groups in total. The van der Waals surface area contributed by atoms with Gasteiger partial charge in [-0.05, 0) is 36.5 Å². The molecule has 1 aromatic rings. The van der Waals surface area contributed by atoms with Crippen LogP contribution in [0.15, 0.2) is 36.4 Å². The van der Waals surface area contributed by atoms with E-state index >= 15 is 0 Å². The van der Waals surface area contributed by atoms with Gasteiger partial charge in [-0.2, -0.15) is 0 Å². The molecule has 2 rings (SSSR count). The van der Waals surface area contributed by atoms with E-state index in [9.17, 15) is 4.79 Å². The Morgan fingerprint density at radius 3 is 2.78 bits per heavy atom. The molecule has 0 saturated heterocycles. The molecule has 1 unspecified atom stereocenters. The van der Waals surface area contributed by atoms with Gasteiger partial charge in [-0.3, -0.25) is 4.79 Å². The van der Waals surface area contributed by atoms with Crippen LogP contribution in [-0.2, 0) is 11.3 Å². The van der Waals surface area contributed by atoms with Crippen LogP contribution >= 0.6 is 0 Å². The molecule has 1 aromatic carbocycles. The second-order valence-corrected chi connectivity index (χ2v) is 4.59. The Bertz CT molecular complexity index is 423. The third-order valence-corrected chi connectivity index (χ3v) is 3.21. The zero-order chi connectivity index (χ0) is 12.8. The van der Waals surface area contributed by atoms with Gasteiger partial charge in [0.25, 0.3) is 0 Å². The number of amides is 1. The van der Waals surface area contributed by atoms with Crippen molar-refractivity contribution in [3.63, 3.8) is 0 Å². The minimum absolute atomic E-state index is 0.127. The lowest BCUT2D eigenvalue weighted by Crippen LogP contribution is -2.24. The van der Waals surface area contributed by atoms with Crippen LogP contribution in [0.5, 0.6) is 5.75 Å². The summed E-state index contributed by atoms with van der Waals surface area (Å²) in [6, 6.07) is 7.74. The van der Waals surface area contributed by atoms with Gasteiger partial charge in [0.1, 0.15) is 5.75 Å². The van der Waals surface area contributed by atoms with Crippen molar-refractivity contribution < 1.29 is 9.53 Å². The SMILES string of the molecule is COc1ccc(CNC(=O)CC2C=CCC2)cc1. The molecule has 0 bridgehead atoms. The Kier molecular flexibility index (Phi) is 4.40. The molecule has 1 atom stereocenters. The van der Waals surface area contributed by atoms with Crippen LogP contribution in [-0.4, -0.2) is 13.0 Å². The minimum atomic E-state index is 0.127. The number of hydrogen-bond acceptors (Lipinski definition) is 2. The molecular formula is C15H19NO2. The average Bonchev–Trinajstić information content (AvgIpc) is 2.90. The predicted octanol–water partition coefficient (Wildman–Crippen LogP) is 2.67. The average molecular weight is 245 g/mol. The first-order chi connectivity index (χ1) is 8.78. The molecule has 0 spiro atoms. The molecule has 0 aliphatic heterocycles. The molecule has 0 aromatic heterocycles. The van der Waals surface area contributed by atoms with E-state index in [4.69, 9.17) is 4.74 Å². The number of carbonyl (C=O) groups is 1. The molecule has 0 saturated carbocycles. The summed E-state index contributed by atoms with van der Waals surface area (Å²) in [5.74, 6) is 1.39. The molecule has 18 heavy (non-hydrogen) atoms. The number of ether oxygens (including phenoxy) is 1. The van der Waals surface area contributed by atoms with Crippen molar-refractivity contribution in [2.45, 2.75) is 25.8 Å². The third kappa shape index (κ3) is 3.62. The van der Waals surface area contributed by atoms with Gasteiger partial charge in [0.2, 0.25) is 5.91 Å². The van der Waals surface area contributed by atoms with Gasteiger partial charge in [0.15, 0.2) is 0 Å². The van der Waals surface area contributed by atoms with Crippen molar-refractivity contribution >= 4 is 5.91 Å². The standard InChI is InChI=1S/C15H19NO2/c1-18-14-8-6-13(7-9-14)11-16-15(17)10-12-4-2-3-5-12/h2,4,6-9,12H,3,5,10-11H2,1H3,(H,16,17). The van der Waals surface area contributed by atoms with Gasteiger partial charge in [0, 0.05) is 13.0 Å². The zero-order valence-corrected chi connectivity index (χ0v) is 10.7. The summed E-state index contributed by atoms with van der Waals surface area (Å²) in [5.41, 5.74) is 1.09. The van der Waals surface area contributed by atoms with Crippen LogP contribution in [0.3, 0.4) is 0 Å². The number of benzene rings is 1. The zero-order valence-electron chi connectivity index (χ0n) is 10.7. The van der Waals surface area contributed by atoms with E-state index in [-0.39, 0.29) is 5.91 Å². The van der Waals surface area contributed by atoms with Gasteiger partial charge in [-0.1, -0.05) is 24.3 Å². The van der Waals surface area contributed by atoms with E-state index in [0.717, 1.165) is 24.2 Å². The van der Waals surface area contributed by atoms with E-state index in [1.807, 2.05) is 24.3 Å². The monoisotopic (exact) mass is 245 g/mol. The van der Waals surface area contributed by atoms with Crippen molar-refractivity contribution in [2.24, 2.45) is 5.92 Å². The highest BCUT2D eigenvalue weighted by atomic mass is 16.5. The maximum absolute atomic E-state index is 11.7. The molecule has 3 nitrogen and oxygen atoms in total. The first kappa shape index (κ1) is 12.7. The summed E-state index contributed by atoms with van der Waals surface area (Å²) < 4.78 is 5.09. The molecule has 0 heterocycles. The molecule has 96 valence electrons. The largest absolute Gasteiger partial charge is 0.497 e. The highest BCUT2D eigenvalue weighted by Gasteiger charge is 2.13.